The minimum Gasteiger partial charge on any atom is -0.493 e. The summed E-state index contributed by atoms with van der Waals surface area (Å²) in [4.78, 5) is 4.76. The zero-order valence-electron chi connectivity index (χ0n) is 16.2. The first kappa shape index (κ1) is 18.0. The monoisotopic (exact) mass is 381 g/mol. The number of rotatable bonds is 6. The molecule has 0 atom stereocenters. The van der Waals surface area contributed by atoms with Crippen LogP contribution in [0.25, 0.3) is 16.9 Å². The number of fused-ring (bicyclic) bond motifs is 1. The third-order valence-electron chi connectivity index (χ3n) is 5.21. The number of imidazole rings is 1. The van der Waals surface area contributed by atoms with Crippen molar-refractivity contribution in [1.82, 2.24) is 14.6 Å². The summed E-state index contributed by atoms with van der Waals surface area (Å²) in [5.74, 6) is 2.47. The number of methoxy groups -OCH3 is 3. The van der Waals surface area contributed by atoms with Crippen LogP contribution in [0, 0.1) is 11.3 Å². The maximum absolute atomic E-state index is 9.41. The first-order valence-corrected chi connectivity index (χ1v) is 9.27. The second-order valence-corrected chi connectivity index (χ2v) is 6.81. The van der Waals surface area contributed by atoms with Crippen LogP contribution in [0.15, 0.2) is 18.3 Å². The molecule has 28 heavy (non-hydrogen) atoms. The van der Waals surface area contributed by atoms with Gasteiger partial charge in [-0.15, -0.1) is 0 Å². The summed E-state index contributed by atoms with van der Waals surface area (Å²) in [6.45, 7) is 0. The Hall–Kier alpha value is -3.34. The fourth-order valence-corrected chi connectivity index (χ4v) is 3.82. The summed E-state index contributed by atoms with van der Waals surface area (Å²) >= 11 is 0. The molecule has 1 aliphatic carbocycles. The highest BCUT2D eigenvalue weighted by Gasteiger charge is 2.24. The van der Waals surface area contributed by atoms with Crippen molar-refractivity contribution in [3.63, 3.8) is 0 Å². The summed E-state index contributed by atoms with van der Waals surface area (Å²) in [6.07, 6.45) is 6.34. The Kier molecular flexibility index (Phi) is 4.74. The Morgan fingerprint density at radius 3 is 2.39 bits per heavy atom. The van der Waals surface area contributed by atoms with Crippen LogP contribution >= 0.6 is 0 Å². The number of aromatic nitrogens is 3. The van der Waals surface area contributed by atoms with Crippen molar-refractivity contribution < 1.29 is 14.2 Å². The van der Waals surface area contributed by atoms with Crippen molar-refractivity contribution in [3.8, 4) is 34.6 Å². The number of ether oxygens (including phenoxy) is 3. The molecule has 0 radical (unpaired) electrons. The van der Waals surface area contributed by atoms with Gasteiger partial charge in [-0.3, -0.25) is 5.10 Å². The number of aromatic amines is 1. The molecule has 3 aromatic rings. The first-order valence-electron chi connectivity index (χ1n) is 9.27. The van der Waals surface area contributed by atoms with Gasteiger partial charge in [-0.25, -0.2) is 9.50 Å². The number of nitrogens with one attached hydrogen (secondary N) is 2. The van der Waals surface area contributed by atoms with Gasteiger partial charge in [0, 0.05) is 17.8 Å². The number of hydrogen-bond donors (Lipinski definition) is 2. The van der Waals surface area contributed by atoms with Crippen molar-refractivity contribution in [3.05, 3.63) is 23.9 Å². The normalized spacial score (nSPS) is 14.2. The molecule has 1 saturated carbocycles. The van der Waals surface area contributed by atoms with Gasteiger partial charge in [-0.05, 0) is 25.0 Å². The average molecular weight is 381 g/mol. The molecule has 8 nitrogen and oxygen atoms in total. The van der Waals surface area contributed by atoms with Crippen molar-refractivity contribution >= 4 is 11.5 Å². The van der Waals surface area contributed by atoms with Crippen LogP contribution in [0.2, 0.25) is 0 Å². The third kappa shape index (κ3) is 2.89. The lowest BCUT2D eigenvalue weighted by Gasteiger charge is -2.16. The fraction of sp³-hybridized carbons (Fsp3) is 0.400. The Balaban J connectivity index is 1.90. The SMILES string of the molecule is COc1cc(-c2nc3c(C#N)c[nH]n3c2NC2CCCC2)cc(OC)c1OC. The highest BCUT2D eigenvalue weighted by atomic mass is 16.5. The van der Waals surface area contributed by atoms with E-state index in [0.29, 0.717) is 34.5 Å². The van der Waals surface area contributed by atoms with Crippen LogP contribution in [-0.2, 0) is 0 Å². The van der Waals surface area contributed by atoms with E-state index in [0.717, 1.165) is 29.9 Å². The lowest BCUT2D eigenvalue weighted by atomic mass is 10.1. The van der Waals surface area contributed by atoms with E-state index in [1.807, 2.05) is 16.6 Å². The van der Waals surface area contributed by atoms with E-state index in [2.05, 4.69) is 16.5 Å². The smallest absolute Gasteiger partial charge is 0.203 e. The van der Waals surface area contributed by atoms with Crippen molar-refractivity contribution in [2.75, 3.05) is 26.6 Å². The van der Waals surface area contributed by atoms with E-state index in [-0.39, 0.29) is 0 Å². The van der Waals surface area contributed by atoms with Crippen LogP contribution in [0.5, 0.6) is 17.2 Å². The molecule has 146 valence electrons. The maximum Gasteiger partial charge on any atom is 0.203 e. The van der Waals surface area contributed by atoms with Crippen LogP contribution in [0.4, 0.5) is 5.82 Å². The molecule has 1 aliphatic rings. The minimum atomic E-state index is 0.384. The lowest BCUT2D eigenvalue weighted by molar-refractivity contribution is 0.324. The Bertz CT molecular complexity index is 1020. The van der Waals surface area contributed by atoms with Crippen LogP contribution in [0.1, 0.15) is 31.2 Å². The minimum absolute atomic E-state index is 0.384. The zero-order chi connectivity index (χ0) is 19.7. The van der Waals surface area contributed by atoms with Gasteiger partial charge in [0.15, 0.2) is 23.0 Å². The van der Waals surface area contributed by atoms with Gasteiger partial charge in [0.1, 0.15) is 17.3 Å². The molecule has 8 heteroatoms. The maximum atomic E-state index is 9.41. The van der Waals surface area contributed by atoms with Gasteiger partial charge in [0.2, 0.25) is 5.75 Å². The number of hydrogen-bond acceptors (Lipinski definition) is 6. The summed E-state index contributed by atoms with van der Waals surface area (Å²) < 4.78 is 18.2. The predicted octanol–water partition coefficient (Wildman–Crippen LogP) is 3.58. The van der Waals surface area contributed by atoms with E-state index in [4.69, 9.17) is 19.2 Å². The summed E-state index contributed by atoms with van der Waals surface area (Å²) in [5.41, 5.74) is 2.63. The molecule has 0 unspecified atom stereocenters. The van der Waals surface area contributed by atoms with Crippen molar-refractivity contribution in [2.45, 2.75) is 31.7 Å². The molecule has 0 amide bonds. The fourth-order valence-electron chi connectivity index (χ4n) is 3.82. The van der Waals surface area contributed by atoms with E-state index in [9.17, 15) is 5.26 Å². The molecule has 4 rings (SSSR count). The van der Waals surface area contributed by atoms with Crippen LogP contribution in [-0.4, -0.2) is 42.0 Å². The second-order valence-electron chi connectivity index (χ2n) is 6.81. The highest BCUT2D eigenvalue weighted by molar-refractivity contribution is 5.81. The van der Waals surface area contributed by atoms with E-state index >= 15 is 0 Å². The van der Waals surface area contributed by atoms with Gasteiger partial charge in [0.05, 0.1) is 21.3 Å². The molecular formula is C20H23N5O3. The Morgan fingerprint density at radius 1 is 1.14 bits per heavy atom. The molecule has 0 spiro atoms. The second kappa shape index (κ2) is 7.35. The van der Waals surface area contributed by atoms with Gasteiger partial charge in [-0.1, -0.05) is 12.8 Å². The summed E-state index contributed by atoms with van der Waals surface area (Å²) in [7, 11) is 4.75. The largest absolute Gasteiger partial charge is 0.493 e. The molecule has 1 aromatic carbocycles. The highest BCUT2D eigenvalue weighted by Crippen LogP contribution is 2.43. The molecule has 2 N–H and O–H groups in total. The number of nitrogens with zero attached hydrogens (tertiary/aromatic N) is 3. The van der Waals surface area contributed by atoms with Crippen LogP contribution < -0.4 is 19.5 Å². The lowest BCUT2D eigenvalue weighted by Crippen LogP contribution is -2.16. The topological polar surface area (TPSA) is 96.6 Å². The predicted molar refractivity (Wildman–Crippen MR) is 105 cm³/mol. The van der Waals surface area contributed by atoms with Gasteiger partial charge in [0.25, 0.3) is 0 Å². The molecule has 2 aromatic heterocycles. The summed E-state index contributed by atoms with van der Waals surface area (Å²) in [5, 5.41) is 16.2. The third-order valence-corrected chi connectivity index (χ3v) is 5.21. The average Bonchev–Trinajstić information content (AvgIpc) is 3.45. The number of benzene rings is 1. The summed E-state index contributed by atoms with van der Waals surface area (Å²) in [6, 6.07) is 6.31. The molecule has 1 fully saturated rings. The Morgan fingerprint density at radius 2 is 1.82 bits per heavy atom. The van der Waals surface area contributed by atoms with E-state index < -0.39 is 0 Å². The zero-order valence-corrected chi connectivity index (χ0v) is 16.2. The van der Waals surface area contributed by atoms with E-state index in [1.54, 1.807) is 27.5 Å². The molecular weight excluding hydrogens is 358 g/mol. The standard InChI is InChI=1S/C20H23N5O3/c1-26-15-8-12(9-16(27-2)18(15)28-3)17-20(23-14-6-4-5-7-14)25-19(24-17)13(10-21)11-22-25/h8-9,11,14,22-23H,4-7H2,1-3H3. The van der Waals surface area contributed by atoms with Crippen molar-refractivity contribution in [1.29, 1.82) is 5.26 Å². The van der Waals surface area contributed by atoms with Crippen LogP contribution in [0.3, 0.4) is 0 Å². The number of anilines is 1. The quantitative estimate of drug-likeness (QED) is 0.677. The van der Waals surface area contributed by atoms with Gasteiger partial charge in [-0.2, -0.15) is 5.26 Å². The van der Waals surface area contributed by atoms with Gasteiger partial charge < -0.3 is 19.5 Å². The molecule has 0 bridgehead atoms. The van der Waals surface area contributed by atoms with Gasteiger partial charge >= 0.3 is 0 Å². The molecule has 0 aliphatic heterocycles. The number of H-pyrrole nitrogens is 1. The Labute approximate surface area is 163 Å². The molecule has 2 heterocycles. The van der Waals surface area contributed by atoms with Crippen molar-refractivity contribution in [2.24, 2.45) is 0 Å². The van der Waals surface area contributed by atoms with E-state index in [1.165, 1.54) is 12.8 Å². The number of nitriles is 1. The molecule has 0 saturated heterocycles. The first-order chi connectivity index (χ1) is 13.7.